The number of nitrogens with one attached hydrogen (secondary N) is 2. The van der Waals surface area contributed by atoms with Gasteiger partial charge in [0.1, 0.15) is 5.82 Å². The number of carbonyl (C=O) groups excluding carboxylic acids is 1. The molecule has 2 aromatic rings. The average molecular weight is 236 g/mol. The molecule has 2 aromatic heterocycles. The van der Waals surface area contributed by atoms with Crippen molar-refractivity contribution in [2.45, 2.75) is 19.8 Å². The predicted octanol–water partition coefficient (Wildman–Crippen LogP) is -0.467. The average Bonchev–Trinajstić information content (AvgIpc) is 2.88. The number of nitrogens with zero attached hydrogens (tertiary/aromatic N) is 6. The van der Waals surface area contributed by atoms with Crippen LogP contribution in [0.2, 0.25) is 0 Å². The molecule has 0 spiro atoms. The molecule has 0 saturated heterocycles. The number of aromatic amines is 1. The SMILES string of the molecule is CCCc1nc(C(=O)Nc2nnn(C)n2)n[nH]1. The van der Waals surface area contributed by atoms with Crippen LogP contribution in [0.1, 0.15) is 29.8 Å². The molecule has 0 aliphatic heterocycles. The summed E-state index contributed by atoms with van der Waals surface area (Å²) in [6.45, 7) is 2.02. The van der Waals surface area contributed by atoms with Crippen LogP contribution in [0.25, 0.3) is 0 Å². The lowest BCUT2D eigenvalue weighted by atomic mass is 10.3. The van der Waals surface area contributed by atoms with Crippen molar-refractivity contribution in [2.75, 3.05) is 5.32 Å². The third-order valence-corrected chi connectivity index (χ3v) is 1.96. The van der Waals surface area contributed by atoms with E-state index in [4.69, 9.17) is 0 Å². The van der Waals surface area contributed by atoms with Crippen molar-refractivity contribution in [3.8, 4) is 0 Å². The van der Waals surface area contributed by atoms with Crippen LogP contribution >= 0.6 is 0 Å². The number of hydrogen-bond acceptors (Lipinski definition) is 6. The van der Waals surface area contributed by atoms with E-state index in [2.05, 4.69) is 35.9 Å². The summed E-state index contributed by atoms with van der Waals surface area (Å²) in [4.78, 5) is 17.0. The van der Waals surface area contributed by atoms with Crippen LogP contribution in [0.3, 0.4) is 0 Å². The quantitative estimate of drug-likeness (QED) is 0.741. The Balaban J connectivity index is 2.03. The van der Waals surface area contributed by atoms with E-state index in [-0.39, 0.29) is 11.8 Å². The largest absolute Gasteiger partial charge is 0.297 e. The van der Waals surface area contributed by atoms with E-state index in [1.165, 1.54) is 4.80 Å². The summed E-state index contributed by atoms with van der Waals surface area (Å²) >= 11 is 0. The van der Waals surface area contributed by atoms with E-state index in [0.29, 0.717) is 5.82 Å². The van der Waals surface area contributed by atoms with Crippen LogP contribution in [0.15, 0.2) is 0 Å². The Kier molecular flexibility index (Phi) is 3.08. The first-order valence-corrected chi connectivity index (χ1v) is 5.15. The second-order valence-electron chi connectivity index (χ2n) is 3.41. The monoisotopic (exact) mass is 236 g/mol. The van der Waals surface area contributed by atoms with Gasteiger partial charge in [-0.2, -0.15) is 4.80 Å². The van der Waals surface area contributed by atoms with Crippen molar-refractivity contribution in [3.63, 3.8) is 0 Å². The third-order valence-electron chi connectivity index (χ3n) is 1.96. The fourth-order valence-electron chi connectivity index (χ4n) is 1.24. The summed E-state index contributed by atoms with van der Waals surface area (Å²) in [6, 6.07) is 0. The fourth-order valence-corrected chi connectivity index (χ4v) is 1.24. The molecule has 9 heteroatoms. The zero-order valence-corrected chi connectivity index (χ0v) is 9.51. The number of tetrazole rings is 1. The molecule has 0 radical (unpaired) electrons. The Labute approximate surface area is 96.6 Å². The summed E-state index contributed by atoms with van der Waals surface area (Å²) in [7, 11) is 1.61. The van der Waals surface area contributed by atoms with Gasteiger partial charge in [0.25, 0.3) is 11.9 Å². The van der Waals surface area contributed by atoms with E-state index in [0.717, 1.165) is 12.8 Å². The Morgan fingerprint density at radius 1 is 1.53 bits per heavy atom. The highest BCUT2D eigenvalue weighted by atomic mass is 16.2. The molecular formula is C8H12N8O. The van der Waals surface area contributed by atoms with Gasteiger partial charge in [-0.3, -0.25) is 15.2 Å². The predicted molar refractivity (Wildman–Crippen MR) is 57.1 cm³/mol. The van der Waals surface area contributed by atoms with Crippen LogP contribution in [0.4, 0.5) is 5.95 Å². The maximum absolute atomic E-state index is 11.7. The third kappa shape index (κ3) is 2.62. The number of amides is 1. The van der Waals surface area contributed by atoms with Crippen molar-refractivity contribution in [1.82, 2.24) is 35.4 Å². The van der Waals surface area contributed by atoms with Gasteiger partial charge >= 0.3 is 0 Å². The first kappa shape index (κ1) is 11.2. The molecule has 0 bridgehead atoms. The Morgan fingerprint density at radius 3 is 3.00 bits per heavy atom. The van der Waals surface area contributed by atoms with Crippen LogP contribution in [0, 0.1) is 0 Å². The van der Waals surface area contributed by atoms with Crippen molar-refractivity contribution in [2.24, 2.45) is 7.05 Å². The molecule has 0 aliphatic rings. The second-order valence-corrected chi connectivity index (χ2v) is 3.41. The number of carbonyl (C=O) groups is 1. The molecule has 0 unspecified atom stereocenters. The number of rotatable bonds is 4. The molecule has 0 saturated carbocycles. The van der Waals surface area contributed by atoms with Gasteiger partial charge in [-0.1, -0.05) is 12.0 Å². The van der Waals surface area contributed by atoms with E-state index in [1.54, 1.807) is 7.05 Å². The van der Waals surface area contributed by atoms with Gasteiger partial charge in [0.2, 0.25) is 5.82 Å². The van der Waals surface area contributed by atoms with Crippen molar-refractivity contribution >= 4 is 11.9 Å². The van der Waals surface area contributed by atoms with Crippen molar-refractivity contribution in [1.29, 1.82) is 0 Å². The molecule has 9 nitrogen and oxygen atoms in total. The highest BCUT2D eigenvalue weighted by Gasteiger charge is 2.14. The Morgan fingerprint density at radius 2 is 2.35 bits per heavy atom. The van der Waals surface area contributed by atoms with Crippen molar-refractivity contribution < 1.29 is 4.79 Å². The smallest absolute Gasteiger partial charge is 0.285 e. The summed E-state index contributed by atoms with van der Waals surface area (Å²) in [5, 5.41) is 20.0. The lowest BCUT2D eigenvalue weighted by molar-refractivity contribution is 0.101. The van der Waals surface area contributed by atoms with Gasteiger partial charge in [0.05, 0.1) is 7.05 Å². The fraction of sp³-hybridized carbons (Fsp3) is 0.500. The maximum Gasteiger partial charge on any atom is 0.297 e. The van der Waals surface area contributed by atoms with E-state index in [9.17, 15) is 4.79 Å². The molecule has 1 amide bonds. The first-order chi connectivity index (χ1) is 8.19. The number of aryl methyl sites for hydroxylation is 2. The molecule has 90 valence electrons. The number of aromatic nitrogens is 7. The van der Waals surface area contributed by atoms with Crippen LogP contribution in [0.5, 0.6) is 0 Å². The van der Waals surface area contributed by atoms with Gasteiger partial charge in [0.15, 0.2) is 0 Å². The highest BCUT2D eigenvalue weighted by molar-refractivity contribution is 6.00. The van der Waals surface area contributed by atoms with Gasteiger partial charge in [0, 0.05) is 6.42 Å². The van der Waals surface area contributed by atoms with Gasteiger partial charge < -0.3 is 0 Å². The number of hydrogen-bond donors (Lipinski definition) is 2. The maximum atomic E-state index is 11.7. The van der Waals surface area contributed by atoms with Crippen LogP contribution < -0.4 is 5.32 Å². The molecule has 2 N–H and O–H groups in total. The summed E-state index contributed by atoms with van der Waals surface area (Å²) in [6.07, 6.45) is 1.69. The van der Waals surface area contributed by atoms with Crippen LogP contribution in [-0.4, -0.2) is 41.3 Å². The molecule has 17 heavy (non-hydrogen) atoms. The van der Waals surface area contributed by atoms with Gasteiger partial charge in [-0.15, -0.1) is 10.2 Å². The van der Waals surface area contributed by atoms with E-state index >= 15 is 0 Å². The Hall–Kier alpha value is -2.32. The normalized spacial score (nSPS) is 10.5. The number of anilines is 1. The molecular weight excluding hydrogens is 224 g/mol. The topological polar surface area (TPSA) is 114 Å². The molecule has 0 atom stereocenters. The highest BCUT2D eigenvalue weighted by Crippen LogP contribution is 2.00. The van der Waals surface area contributed by atoms with E-state index in [1.807, 2.05) is 6.92 Å². The lowest BCUT2D eigenvalue weighted by Gasteiger charge is -1.93. The summed E-state index contributed by atoms with van der Waals surface area (Å²) in [5.41, 5.74) is 0. The summed E-state index contributed by atoms with van der Waals surface area (Å²) in [5.74, 6) is 0.418. The lowest BCUT2D eigenvalue weighted by Crippen LogP contribution is -2.15. The molecule has 0 aliphatic carbocycles. The van der Waals surface area contributed by atoms with Gasteiger partial charge in [-0.25, -0.2) is 4.98 Å². The van der Waals surface area contributed by atoms with Crippen molar-refractivity contribution in [3.05, 3.63) is 11.6 Å². The second kappa shape index (κ2) is 4.68. The summed E-state index contributed by atoms with van der Waals surface area (Å²) < 4.78 is 0. The zero-order chi connectivity index (χ0) is 12.3. The minimum atomic E-state index is -0.461. The first-order valence-electron chi connectivity index (χ1n) is 5.15. The van der Waals surface area contributed by atoms with Crippen LogP contribution in [-0.2, 0) is 13.5 Å². The van der Waals surface area contributed by atoms with E-state index < -0.39 is 5.91 Å². The molecule has 0 aromatic carbocycles. The van der Waals surface area contributed by atoms with Gasteiger partial charge in [-0.05, 0) is 11.6 Å². The zero-order valence-electron chi connectivity index (χ0n) is 9.51. The molecule has 2 heterocycles. The molecule has 2 rings (SSSR count). The minimum absolute atomic E-state index is 0.0703. The Bertz CT molecular complexity index is 515. The minimum Gasteiger partial charge on any atom is -0.285 e. The number of H-pyrrole nitrogens is 1. The standard InChI is InChI=1S/C8H12N8O/c1-3-4-5-9-6(12-11-5)7(17)10-8-13-15-16(2)14-8/h3-4H2,1-2H3,(H,9,11,12)(H,10,14,17). The molecule has 0 fully saturated rings.